The number of halogens is 1. The molecule has 1 N–H and O–H groups in total. The van der Waals surface area contributed by atoms with Crippen molar-refractivity contribution in [3.8, 4) is 5.75 Å². The third-order valence-corrected chi connectivity index (χ3v) is 4.26. The maximum absolute atomic E-state index is 15.0. The van der Waals surface area contributed by atoms with Gasteiger partial charge in [-0.1, -0.05) is 17.2 Å². The van der Waals surface area contributed by atoms with E-state index in [9.17, 15) is 9.50 Å². The van der Waals surface area contributed by atoms with Gasteiger partial charge in [0, 0.05) is 4.91 Å². The van der Waals surface area contributed by atoms with E-state index in [0.29, 0.717) is 5.56 Å². The lowest BCUT2D eigenvalue weighted by Gasteiger charge is -2.32. The fourth-order valence-corrected chi connectivity index (χ4v) is 2.16. The summed E-state index contributed by atoms with van der Waals surface area (Å²) in [5.74, 6) is 0.0629. The van der Waals surface area contributed by atoms with E-state index in [-0.39, 0.29) is 17.9 Å². The van der Waals surface area contributed by atoms with E-state index < -0.39 is 24.0 Å². The van der Waals surface area contributed by atoms with Crippen molar-refractivity contribution in [2.24, 2.45) is 5.11 Å². The van der Waals surface area contributed by atoms with Gasteiger partial charge in [0.25, 0.3) is 0 Å². The van der Waals surface area contributed by atoms with Gasteiger partial charge in [0.1, 0.15) is 11.5 Å². The van der Waals surface area contributed by atoms with Crippen molar-refractivity contribution in [1.29, 1.82) is 0 Å². The van der Waals surface area contributed by atoms with Crippen molar-refractivity contribution >= 4 is 12.7 Å². The van der Waals surface area contributed by atoms with Crippen molar-refractivity contribution in [3.63, 3.8) is 0 Å². The fraction of sp³-hybridized carbons (Fsp3) is 0.467. The van der Waals surface area contributed by atoms with Crippen LogP contribution < -0.4 is 0 Å². The maximum Gasteiger partial charge on any atom is 0.525 e. The number of phenols is 1. The highest BCUT2D eigenvalue weighted by Gasteiger charge is 2.53. The first-order valence-electron chi connectivity index (χ1n) is 7.22. The fourth-order valence-electron chi connectivity index (χ4n) is 2.16. The minimum absolute atomic E-state index is 0.0629. The molecule has 8 heteroatoms. The zero-order valence-corrected chi connectivity index (χ0v) is 13.6. The van der Waals surface area contributed by atoms with Gasteiger partial charge in [0.05, 0.1) is 17.7 Å². The molecular formula is C15H19BFN3O3. The number of hydrogen-bond acceptors (Lipinski definition) is 4. The second kappa shape index (κ2) is 6.24. The Hall–Kier alpha value is -2.02. The summed E-state index contributed by atoms with van der Waals surface area (Å²) in [5, 5.41) is 12.8. The van der Waals surface area contributed by atoms with Crippen molar-refractivity contribution < 1.29 is 18.8 Å². The molecule has 0 atom stereocenters. The van der Waals surface area contributed by atoms with Crippen LogP contribution in [0.1, 0.15) is 33.3 Å². The molecule has 23 heavy (non-hydrogen) atoms. The van der Waals surface area contributed by atoms with Crippen LogP contribution in [0, 0.1) is 0 Å². The molecular weight excluding hydrogens is 300 g/mol. The van der Waals surface area contributed by atoms with Crippen molar-refractivity contribution in [1.82, 2.24) is 0 Å². The Balaban J connectivity index is 2.42. The summed E-state index contributed by atoms with van der Waals surface area (Å²) in [5.41, 5.74) is 7.20. The van der Waals surface area contributed by atoms with E-state index >= 15 is 0 Å². The minimum Gasteiger partial charge on any atom is -0.508 e. The Morgan fingerprint density at radius 1 is 1.22 bits per heavy atom. The second-order valence-corrected chi connectivity index (χ2v) is 6.35. The van der Waals surface area contributed by atoms with Gasteiger partial charge in [-0.25, -0.2) is 4.39 Å². The molecule has 0 amide bonds. The molecule has 1 saturated heterocycles. The van der Waals surface area contributed by atoms with Crippen LogP contribution >= 0.6 is 0 Å². The van der Waals surface area contributed by atoms with Gasteiger partial charge in [-0.05, 0) is 56.5 Å². The average Bonchev–Trinajstić information content (AvgIpc) is 2.69. The van der Waals surface area contributed by atoms with Crippen LogP contribution in [0.2, 0.25) is 0 Å². The van der Waals surface area contributed by atoms with Crippen molar-refractivity contribution in [2.75, 3.05) is 6.54 Å². The van der Waals surface area contributed by atoms with Gasteiger partial charge in [-0.3, -0.25) is 0 Å². The maximum atomic E-state index is 15.0. The predicted molar refractivity (Wildman–Crippen MR) is 86.2 cm³/mol. The molecule has 122 valence electrons. The third-order valence-electron chi connectivity index (χ3n) is 4.26. The van der Waals surface area contributed by atoms with E-state index in [1.165, 1.54) is 12.1 Å². The number of rotatable bonds is 4. The summed E-state index contributed by atoms with van der Waals surface area (Å²) in [6.07, 6.45) is 0. The largest absolute Gasteiger partial charge is 0.525 e. The molecule has 6 nitrogen and oxygen atoms in total. The summed E-state index contributed by atoms with van der Waals surface area (Å²) in [7, 11) is -1.17. The van der Waals surface area contributed by atoms with E-state index in [0.717, 1.165) is 0 Å². The van der Waals surface area contributed by atoms with Crippen molar-refractivity contribution in [2.45, 2.75) is 38.9 Å². The number of hydrogen-bond donors (Lipinski definition) is 1. The highest BCUT2D eigenvalue weighted by Crippen LogP contribution is 2.40. The summed E-state index contributed by atoms with van der Waals surface area (Å²) in [6.45, 7) is 7.13. The summed E-state index contributed by atoms with van der Waals surface area (Å²) in [4.78, 5) is 2.68. The predicted octanol–water partition coefficient (Wildman–Crippen LogP) is 4.01. The Kier molecular flexibility index (Phi) is 4.70. The standard InChI is InChI=1S/C15H19BFN3O3/c1-14(2)15(3,4)23-16(22-14)13(17)12(9-19-20-18)10-5-7-11(21)8-6-10/h5-8,21H,9H2,1-4H3. The first kappa shape index (κ1) is 17.3. The van der Waals surface area contributed by atoms with Gasteiger partial charge < -0.3 is 14.4 Å². The molecule has 1 heterocycles. The number of azide groups is 1. The molecule has 1 aromatic carbocycles. The zero-order valence-electron chi connectivity index (χ0n) is 13.6. The van der Waals surface area contributed by atoms with Crippen LogP contribution in [0.15, 0.2) is 35.1 Å². The smallest absolute Gasteiger partial charge is 0.508 e. The van der Waals surface area contributed by atoms with Crippen LogP contribution in [0.4, 0.5) is 4.39 Å². The van der Waals surface area contributed by atoms with Gasteiger partial charge >= 0.3 is 7.12 Å². The van der Waals surface area contributed by atoms with Crippen LogP contribution in [0.25, 0.3) is 16.0 Å². The first-order valence-corrected chi connectivity index (χ1v) is 7.22. The molecule has 0 unspecified atom stereocenters. The molecule has 0 aromatic heterocycles. The molecule has 1 fully saturated rings. The van der Waals surface area contributed by atoms with Gasteiger partial charge in [-0.2, -0.15) is 0 Å². The van der Waals surface area contributed by atoms with E-state index in [4.69, 9.17) is 14.8 Å². The summed E-state index contributed by atoms with van der Waals surface area (Å²) < 4.78 is 26.3. The lowest BCUT2D eigenvalue weighted by Crippen LogP contribution is -2.41. The number of phenolic OH excluding ortho intramolecular Hbond substituents is 1. The molecule has 1 aliphatic heterocycles. The lowest BCUT2D eigenvalue weighted by molar-refractivity contribution is 0.00578. The Morgan fingerprint density at radius 2 is 1.74 bits per heavy atom. The molecule has 1 aliphatic rings. The highest BCUT2D eigenvalue weighted by molar-refractivity contribution is 6.55. The van der Waals surface area contributed by atoms with Crippen LogP contribution in [-0.2, 0) is 9.31 Å². The van der Waals surface area contributed by atoms with Gasteiger partial charge in [-0.15, -0.1) is 0 Å². The average molecular weight is 319 g/mol. The second-order valence-electron chi connectivity index (χ2n) is 6.35. The lowest BCUT2D eigenvalue weighted by atomic mass is 9.82. The number of aromatic hydroxyl groups is 1. The van der Waals surface area contributed by atoms with E-state index in [1.54, 1.807) is 12.1 Å². The highest BCUT2D eigenvalue weighted by atomic mass is 19.1. The van der Waals surface area contributed by atoms with E-state index in [1.807, 2.05) is 27.7 Å². The van der Waals surface area contributed by atoms with Crippen LogP contribution in [0.3, 0.4) is 0 Å². The first-order chi connectivity index (χ1) is 10.7. The topological polar surface area (TPSA) is 87.5 Å². The molecule has 0 radical (unpaired) electrons. The third kappa shape index (κ3) is 3.50. The van der Waals surface area contributed by atoms with Gasteiger partial charge in [0.15, 0.2) is 0 Å². The quantitative estimate of drug-likeness (QED) is 0.393. The number of nitrogens with zero attached hydrogens (tertiary/aromatic N) is 3. The summed E-state index contributed by atoms with van der Waals surface area (Å²) in [6, 6.07) is 5.95. The normalized spacial score (nSPS) is 20.0. The zero-order chi connectivity index (χ0) is 17.3. The van der Waals surface area contributed by atoms with Gasteiger partial charge in [0.2, 0.25) is 0 Å². The Morgan fingerprint density at radius 3 is 2.22 bits per heavy atom. The monoisotopic (exact) mass is 319 g/mol. The minimum atomic E-state index is -1.17. The van der Waals surface area contributed by atoms with Crippen LogP contribution in [0.5, 0.6) is 5.75 Å². The Labute approximate surface area is 134 Å². The molecule has 0 bridgehead atoms. The molecule has 0 saturated carbocycles. The van der Waals surface area contributed by atoms with Crippen LogP contribution in [-0.4, -0.2) is 30.0 Å². The summed E-state index contributed by atoms with van der Waals surface area (Å²) >= 11 is 0. The Bertz CT molecular complexity index is 651. The number of benzene rings is 1. The SMILES string of the molecule is CC1(C)OB(C(F)=C(CN=[N+]=[N-])c2ccc(O)cc2)OC1(C)C. The van der Waals surface area contributed by atoms with Crippen molar-refractivity contribution in [3.05, 3.63) is 46.0 Å². The molecule has 2 rings (SSSR count). The molecule has 0 spiro atoms. The molecule has 0 aliphatic carbocycles. The van der Waals surface area contributed by atoms with E-state index in [2.05, 4.69) is 10.0 Å². The molecule has 1 aromatic rings.